The van der Waals surface area contributed by atoms with E-state index in [4.69, 9.17) is 4.74 Å². The maximum atomic E-state index is 11.9. The van der Waals surface area contributed by atoms with Crippen molar-refractivity contribution in [3.63, 3.8) is 0 Å². The fourth-order valence-electron chi connectivity index (χ4n) is 2.10. The van der Waals surface area contributed by atoms with E-state index in [0.29, 0.717) is 11.2 Å². The molecule has 0 aliphatic rings. The van der Waals surface area contributed by atoms with Crippen molar-refractivity contribution < 1.29 is 14.3 Å². The summed E-state index contributed by atoms with van der Waals surface area (Å²) >= 11 is 1.42. The second-order valence-electron chi connectivity index (χ2n) is 5.13. The second kappa shape index (κ2) is 7.35. The molecule has 0 fully saturated rings. The third kappa shape index (κ3) is 3.82. The molecule has 1 aromatic heterocycles. The largest absolute Gasteiger partial charge is 0.468 e. The number of aromatic nitrogens is 1. The molecule has 2 aromatic rings. The van der Waals surface area contributed by atoms with Gasteiger partial charge in [0, 0.05) is 6.42 Å². The molecule has 0 unspecified atom stereocenters. The minimum absolute atomic E-state index is 0.0550. The van der Waals surface area contributed by atoms with E-state index in [2.05, 4.69) is 4.99 Å². The molecule has 118 valence electrons. The third-order valence-electron chi connectivity index (χ3n) is 3.32. The number of ether oxygens (including phenoxy) is 1. The molecule has 0 aliphatic carbocycles. The highest BCUT2D eigenvalue weighted by Crippen LogP contribution is 2.19. The van der Waals surface area contributed by atoms with Gasteiger partial charge >= 0.3 is 5.97 Å². The Balaban J connectivity index is 2.51. The predicted octanol–water partition coefficient (Wildman–Crippen LogP) is 2.80. The number of aryl methyl sites for hydroxylation is 1. The van der Waals surface area contributed by atoms with Crippen LogP contribution in [0.25, 0.3) is 10.2 Å². The number of carbonyl (C=O) groups is 2. The third-order valence-corrected chi connectivity index (χ3v) is 4.36. The average Bonchev–Trinajstić information content (AvgIpc) is 2.81. The molecule has 0 radical (unpaired) electrons. The normalized spacial score (nSPS) is 11.9. The molecule has 5 nitrogen and oxygen atoms in total. The number of nitrogens with zero attached hydrogens (tertiary/aromatic N) is 2. The summed E-state index contributed by atoms with van der Waals surface area (Å²) < 4.78 is 7.49. The summed E-state index contributed by atoms with van der Waals surface area (Å²) in [5.74, 6) is -0.508. The average molecular weight is 320 g/mol. The molecule has 0 spiro atoms. The first-order valence-electron chi connectivity index (χ1n) is 7.29. The monoisotopic (exact) mass is 320 g/mol. The lowest BCUT2D eigenvalue weighted by Crippen LogP contribution is -2.22. The van der Waals surface area contributed by atoms with E-state index in [9.17, 15) is 9.59 Å². The molecule has 1 amide bonds. The Hall–Kier alpha value is -1.95. The zero-order chi connectivity index (χ0) is 16.1. The van der Waals surface area contributed by atoms with Crippen molar-refractivity contribution in [3.8, 4) is 0 Å². The van der Waals surface area contributed by atoms with Gasteiger partial charge in [0.1, 0.15) is 6.54 Å². The van der Waals surface area contributed by atoms with Crippen molar-refractivity contribution in [2.24, 2.45) is 4.99 Å². The van der Waals surface area contributed by atoms with Crippen LogP contribution in [0, 0.1) is 6.92 Å². The maximum absolute atomic E-state index is 11.9. The van der Waals surface area contributed by atoms with Gasteiger partial charge in [0.25, 0.3) is 0 Å². The number of esters is 1. The molecule has 2 rings (SSSR count). The Bertz CT molecular complexity index is 758. The van der Waals surface area contributed by atoms with Crippen LogP contribution < -0.4 is 4.80 Å². The molecule has 22 heavy (non-hydrogen) atoms. The molecule has 0 saturated carbocycles. The van der Waals surface area contributed by atoms with Crippen LogP contribution in [0.4, 0.5) is 0 Å². The number of thiazole rings is 1. The number of fused-ring (bicyclic) bond motifs is 1. The fraction of sp³-hybridized carbons (Fsp3) is 0.438. The van der Waals surface area contributed by atoms with E-state index in [1.54, 1.807) is 4.57 Å². The Morgan fingerprint density at radius 2 is 2.14 bits per heavy atom. The van der Waals surface area contributed by atoms with Gasteiger partial charge in [0.2, 0.25) is 5.91 Å². The number of benzene rings is 1. The lowest BCUT2D eigenvalue weighted by atomic mass is 10.2. The molecular weight excluding hydrogens is 300 g/mol. The summed E-state index contributed by atoms with van der Waals surface area (Å²) in [5.41, 5.74) is 2.02. The quantitative estimate of drug-likeness (QED) is 0.796. The standard InChI is InChI=1S/C16H20N2O3S/c1-4-5-6-14(19)17-16-18(10-15(20)21-3)12-8-7-11(2)9-13(12)22-16/h7-9H,4-6,10H2,1-3H3. The van der Waals surface area contributed by atoms with Crippen LogP contribution in [0.5, 0.6) is 0 Å². The molecule has 0 bridgehead atoms. The lowest BCUT2D eigenvalue weighted by molar-refractivity contribution is -0.141. The summed E-state index contributed by atoms with van der Waals surface area (Å²) in [6.45, 7) is 4.10. The number of hydrogen-bond acceptors (Lipinski definition) is 4. The number of methoxy groups -OCH3 is 1. The van der Waals surface area contributed by atoms with Gasteiger partial charge in [-0.15, -0.1) is 0 Å². The van der Waals surface area contributed by atoms with E-state index in [1.807, 2.05) is 32.0 Å². The molecule has 0 N–H and O–H groups in total. The Kier molecular flexibility index (Phi) is 5.49. The van der Waals surface area contributed by atoms with Gasteiger partial charge in [-0.2, -0.15) is 4.99 Å². The smallest absolute Gasteiger partial charge is 0.325 e. The van der Waals surface area contributed by atoms with Crippen molar-refractivity contribution in [1.82, 2.24) is 4.57 Å². The van der Waals surface area contributed by atoms with Gasteiger partial charge in [-0.3, -0.25) is 9.59 Å². The van der Waals surface area contributed by atoms with Crippen LogP contribution in [0.2, 0.25) is 0 Å². The minimum Gasteiger partial charge on any atom is -0.468 e. The topological polar surface area (TPSA) is 60.7 Å². The highest BCUT2D eigenvalue weighted by Gasteiger charge is 2.11. The number of rotatable bonds is 5. The Labute approximate surface area is 133 Å². The summed E-state index contributed by atoms with van der Waals surface area (Å²) in [6.07, 6.45) is 2.21. The summed E-state index contributed by atoms with van der Waals surface area (Å²) in [4.78, 5) is 28.3. The minimum atomic E-state index is -0.359. The molecular formula is C16H20N2O3S. The van der Waals surface area contributed by atoms with Crippen molar-refractivity contribution >= 4 is 33.4 Å². The molecule has 0 saturated heterocycles. The van der Waals surface area contributed by atoms with Crippen molar-refractivity contribution in [2.45, 2.75) is 39.7 Å². The highest BCUT2D eigenvalue weighted by atomic mass is 32.1. The van der Waals surface area contributed by atoms with Gasteiger partial charge in [0.05, 0.1) is 17.3 Å². The van der Waals surface area contributed by atoms with Gasteiger partial charge in [0.15, 0.2) is 4.80 Å². The van der Waals surface area contributed by atoms with Crippen LogP contribution in [0.1, 0.15) is 31.7 Å². The van der Waals surface area contributed by atoms with E-state index >= 15 is 0 Å². The van der Waals surface area contributed by atoms with Gasteiger partial charge in [-0.25, -0.2) is 0 Å². The van der Waals surface area contributed by atoms with Crippen LogP contribution in [0.15, 0.2) is 23.2 Å². The zero-order valence-corrected chi connectivity index (χ0v) is 13.9. The number of carbonyl (C=O) groups excluding carboxylic acids is 2. The molecule has 0 atom stereocenters. The molecule has 1 aromatic carbocycles. The molecule has 6 heteroatoms. The summed E-state index contributed by atoms with van der Waals surface area (Å²) in [5, 5.41) is 0. The van der Waals surface area contributed by atoms with Gasteiger partial charge < -0.3 is 9.30 Å². The van der Waals surface area contributed by atoms with E-state index in [-0.39, 0.29) is 18.4 Å². The molecule has 0 aliphatic heterocycles. The second-order valence-corrected chi connectivity index (χ2v) is 6.14. The van der Waals surface area contributed by atoms with E-state index in [1.165, 1.54) is 18.4 Å². The van der Waals surface area contributed by atoms with Crippen molar-refractivity contribution in [3.05, 3.63) is 28.6 Å². The zero-order valence-electron chi connectivity index (χ0n) is 13.1. The van der Waals surface area contributed by atoms with Crippen molar-refractivity contribution in [1.29, 1.82) is 0 Å². The maximum Gasteiger partial charge on any atom is 0.325 e. The number of unbranched alkanes of at least 4 members (excludes halogenated alkanes) is 1. The number of hydrogen-bond donors (Lipinski definition) is 0. The first-order valence-corrected chi connectivity index (χ1v) is 8.11. The summed E-state index contributed by atoms with van der Waals surface area (Å²) in [6, 6.07) is 5.95. The lowest BCUT2D eigenvalue weighted by Gasteiger charge is -2.03. The van der Waals surface area contributed by atoms with Gasteiger partial charge in [-0.1, -0.05) is 30.7 Å². The fourth-order valence-corrected chi connectivity index (χ4v) is 3.25. The van der Waals surface area contributed by atoms with Gasteiger partial charge in [-0.05, 0) is 31.0 Å². The SMILES string of the molecule is CCCCC(=O)N=c1sc2cc(C)ccc2n1CC(=O)OC. The Morgan fingerprint density at radius 3 is 2.82 bits per heavy atom. The van der Waals surface area contributed by atoms with E-state index in [0.717, 1.165) is 28.6 Å². The van der Waals surface area contributed by atoms with Crippen LogP contribution in [-0.2, 0) is 20.9 Å². The van der Waals surface area contributed by atoms with Crippen molar-refractivity contribution in [2.75, 3.05) is 7.11 Å². The molecule has 1 heterocycles. The van der Waals surface area contributed by atoms with Crippen LogP contribution >= 0.6 is 11.3 Å². The van der Waals surface area contributed by atoms with E-state index < -0.39 is 0 Å². The predicted molar refractivity (Wildman–Crippen MR) is 86.7 cm³/mol. The summed E-state index contributed by atoms with van der Waals surface area (Å²) in [7, 11) is 1.35. The first-order chi connectivity index (χ1) is 10.5. The number of amides is 1. The van der Waals surface area contributed by atoms with Crippen LogP contribution in [0.3, 0.4) is 0 Å². The Morgan fingerprint density at radius 1 is 1.36 bits per heavy atom. The highest BCUT2D eigenvalue weighted by molar-refractivity contribution is 7.16. The van der Waals surface area contributed by atoms with Crippen LogP contribution in [-0.4, -0.2) is 23.6 Å². The first kappa shape index (κ1) is 16.4.